The zero-order valence-electron chi connectivity index (χ0n) is 20.3. The van der Waals surface area contributed by atoms with Gasteiger partial charge in [-0.05, 0) is 55.8 Å². The van der Waals surface area contributed by atoms with E-state index in [-0.39, 0.29) is 29.0 Å². The molecule has 0 unspecified atom stereocenters. The SMILES string of the molecule is N#C[C@@H]1C[C@@H]1COc1nc(C(=O)CC23CC(C2)C3)cc(N2CCC(COc3cncnc3N)CC2)n1. The molecular weight excluding hydrogens is 458 g/mol. The number of anilines is 2. The number of piperidine rings is 1. The molecule has 36 heavy (non-hydrogen) atoms. The number of rotatable bonds is 10. The minimum atomic E-state index is 0.0533. The van der Waals surface area contributed by atoms with Gasteiger partial charge in [0.1, 0.15) is 17.8 Å². The third-order valence-corrected chi connectivity index (χ3v) is 8.31. The molecule has 4 saturated carbocycles. The van der Waals surface area contributed by atoms with Crippen LogP contribution in [-0.4, -0.2) is 52.0 Å². The van der Waals surface area contributed by atoms with E-state index in [1.807, 2.05) is 6.07 Å². The second kappa shape index (κ2) is 9.19. The number of carbonyl (C=O) groups excluding carboxylic acids is 1. The van der Waals surface area contributed by atoms with Crippen molar-refractivity contribution in [1.29, 1.82) is 5.26 Å². The molecule has 2 N–H and O–H groups in total. The second-order valence-corrected chi connectivity index (χ2v) is 11.0. The van der Waals surface area contributed by atoms with Gasteiger partial charge in [0.05, 0.1) is 31.4 Å². The lowest BCUT2D eigenvalue weighted by Gasteiger charge is -2.61. The third-order valence-electron chi connectivity index (χ3n) is 8.31. The first-order chi connectivity index (χ1) is 17.5. The van der Waals surface area contributed by atoms with Gasteiger partial charge in [-0.1, -0.05) is 0 Å². The zero-order chi connectivity index (χ0) is 24.7. The Morgan fingerprint density at radius 2 is 2.00 bits per heavy atom. The van der Waals surface area contributed by atoms with E-state index in [2.05, 4.69) is 30.9 Å². The number of hydrogen-bond donors (Lipinski definition) is 1. The van der Waals surface area contributed by atoms with E-state index < -0.39 is 0 Å². The van der Waals surface area contributed by atoms with Crippen LogP contribution in [0.2, 0.25) is 0 Å². The Hall–Kier alpha value is -3.48. The maximum Gasteiger partial charge on any atom is 0.319 e. The maximum atomic E-state index is 13.2. The van der Waals surface area contributed by atoms with Crippen LogP contribution in [0.3, 0.4) is 0 Å². The van der Waals surface area contributed by atoms with Gasteiger partial charge in [0.25, 0.3) is 0 Å². The molecule has 4 aliphatic carbocycles. The summed E-state index contributed by atoms with van der Waals surface area (Å²) in [6.45, 7) is 2.55. The first-order valence-corrected chi connectivity index (χ1v) is 12.9. The summed E-state index contributed by atoms with van der Waals surface area (Å²) in [5, 5.41) is 9.07. The Labute approximate surface area is 210 Å². The fourth-order valence-electron chi connectivity index (χ4n) is 5.83. The molecule has 5 fully saturated rings. The van der Waals surface area contributed by atoms with Gasteiger partial charge >= 0.3 is 6.01 Å². The Kier molecular flexibility index (Phi) is 5.86. The van der Waals surface area contributed by atoms with Gasteiger partial charge in [0.2, 0.25) is 0 Å². The van der Waals surface area contributed by atoms with E-state index in [9.17, 15) is 4.79 Å². The van der Waals surface area contributed by atoms with Crippen molar-refractivity contribution in [3.8, 4) is 17.8 Å². The van der Waals surface area contributed by atoms with Gasteiger partial charge in [-0.3, -0.25) is 4.79 Å². The zero-order valence-corrected chi connectivity index (χ0v) is 20.3. The predicted octanol–water partition coefficient (Wildman–Crippen LogP) is 3.06. The minimum absolute atomic E-state index is 0.0533. The molecule has 0 aromatic carbocycles. The van der Waals surface area contributed by atoms with Crippen molar-refractivity contribution < 1.29 is 14.3 Å². The van der Waals surface area contributed by atoms with Gasteiger partial charge < -0.3 is 20.1 Å². The van der Waals surface area contributed by atoms with E-state index in [1.54, 1.807) is 6.20 Å². The standard InChI is InChI=1S/C26H31N7O3/c27-11-18-5-19(18)14-36-25-31-20(21(34)10-26-7-17(8-26)9-26)6-23(32-25)33-3-1-16(2-4-33)13-35-22-12-29-15-30-24(22)28/h6,12,15-19H,1-5,7-10,13-14H2,(H2,28,29,30)/t17?,18-,19+,26?/m0/s1. The Bertz CT molecular complexity index is 1170. The highest BCUT2D eigenvalue weighted by molar-refractivity contribution is 5.95. The van der Waals surface area contributed by atoms with E-state index >= 15 is 0 Å². The molecular formula is C26H31N7O3. The van der Waals surface area contributed by atoms with Crippen molar-refractivity contribution >= 4 is 17.4 Å². The summed E-state index contributed by atoms with van der Waals surface area (Å²) in [7, 11) is 0. The van der Waals surface area contributed by atoms with E-state index in [1.165, 1.54) is 25.6 Å². The molecule has 2 atom stereocenters. The molecule has 2 aromatic rings. The van der Waals surface area contributed by atoms with Crippen molar-refractivity contribution in [2.45, 2.75) is 44.9 Å². The summed E-state index contributed by atoms with van der Waals surface area (Å²) in [5.74, 6) is 3.15. The number of nitrogens with two attached hydrogens (primary N) is 1. The van der Waals surface area contributed by atoms with Crippen LogP contribution >= 0.6 is 0 Å². The van der Waals surface area contributed by atoms with Crippen LogP contribution in [-0.2, 0) is 0 Å². The summed E-state index contributed by atoms with van der Waals surface area (Å²) in [6.07, 6.45) is 9.77. The van der Waals surface area contributed by atoms with Gasteiger partial charge in [-0.25, -0.2) is 9.97 Å². The molecule has 2 aromatic heterocycles. The molecule has 7 rings (SSSR count). The number of nitrogen functional groups attached to an aromatic ring is 1. The third kappa shape index (κ3) is 4.66. The normalized spacial score (nSPS) is 28.4. The number of carbonyl (C=O) groups is 1. The van der Waals surface area contributed by atoms with E-state index in [0.29, 0.717) is 42.8 Å². The number of hydrogen-bond acceptors (Lipinski definition) is 10. The number of nitrogens with zero attached hydrogens (tertiary/aromatic N) is 6. The average molecular weight is 490 g/mol. The molecule has 3 heterocycles. The lowest BCUT2D eigenvalue weighted by atomic mass is 9.43. The van der Waals surface area contributed by atoms with Gasteiger partial charge in [-0.15, -0.1) is 0 Å². The van der Waals surface area contributed by atoms with Gasteiger partial charge in [-0.2, -0.15) is 15.2 Å². The van der Waals surface area contributed by atoms with Crippen LogP contribution in [0, 0.1) is 40.4 Å². The summed E-state index contributed by atoms with van der Waals surface area (Å²) in [5.41, 5.74) is 6.51. The van der Waals surface area contributed by atoms with Crippen molar-refractivity contribution in [3.63, 3.8) is 0 Å². The molecule has 2 bridgehead atoms. The smallest absolute Gasteiger partial charge is 0.319 e. The monoisotopic (exact) mass is 489 g/mol. The van der Waals surface area contributed by atoms with Crippen LogP contribution in [0.1, 0.15) is 55.4 Å². The summed E-state index contributed by atoms with van der Waals surface area (Å²) in [6, 6.07) is 4.35. The largest absolute Gasteiger partial charge is 0.488 e. The van der Waals surface area contributed by atoms with Crippen molar-refractivity contribution in [2.24, 2.45) is 29.1 Å². The first kappa shape index (κ1) is 23.0. The number of ether oxygens (including phenoxy) is 2. The molecule has 5 aliphatic rings. The molecule has 0 radical (unpaired) electrons. The number of aromatic nitrogens is 4. The number of Topliss-reactive ketones (excluding diaryl/α,β-unsaturated/α-hetero) is 1. The molecule has 0 amide bonds. The number of ketones is 1. The van der Waals surface area contributed by atoms with Crippen LogP contribution in [0.15, 0.2) is 18.6 Å². The van der Waals surface area contributed by atoms with Crippen LogP contribution in [0.5, 0.6) is 11.8 Å². The lowest BCUT2D eigenvalue weighted by molar-refractivity contribution is -0.103. The maximum absolute atomic E-state index is 13.2. The van der Waals surface area contributed by atoms with Crippen LogP contribution in [0.4, 0.5) is 11.6 Å². The molecule has 1 saturated heterocycles. The Balaban J connectivity index is 1.11. The van der Waals surface area contributed by atoms with Crippen LogP contribution < -0.4 is 20.1 Å². The second-order valence-electron chi connectivity index (χ2n) is 11.0. The van der Waals surface area contributed by atoms with E-state index in [0.717, 1.165) is 44.1 Å². The summed E-state index contributed by atoms with van der Waals surface area (Å²) >= 11 is 0. The molecule has 10 nitrogen and oxygen atoms in total. The average Bonchev–Trinajstić information content (AvgIpc) is 3.62. The van der Waals surface area contributed by atoms with Crippen LogP contribution in [0.25, 0.3) is 0 Å². The fraction of sp³-hybridized carbons (Fsp3) is 0.615. The van der Waals surface area contributed by atoms with Crippen molar-refractivity contribution in [1.82, 2.24) is 19.9 Å². The Morgan fingerprint density at radius 1 is 1.19 bits per heavy atom. The quantitative estimate of drug-likeness (QED) is 0.495. The number of nitriles is 1. The molecule has 10 heteroatoms. The topological polar surface area (TPSA) is 140 Å². The highest BCUT2D eigenvalue weighted by Crippen LogP contribution is 2.66. The van der Waals surface area contributed by atoms with Gasteiger partial charge in [0, 0.05) is 31.5 Å². The molecule has 188 valence electrons. The van der Waals surface area contributed by atoms with Crippen molar-refractivity contribution in [3.05, 3.63) is 24.3 Å². The van der Waals surface area contributed by atoms with Gasteiger partial charge in [0.15, 0.2) is 17.4 Å². The molecule has 1 aliphatic heterocycles. The highest BCUT2D eigenvalue weighted by Gasteiger charge is 2.57. The van der Waals surface area contributed by atoms with E-state index in [4.69, 9.17) is 20.5 Å². The summed E-state index contributed by atoms with van der Waals surface area (Å²) < 4.78 is 11.7. The lowest BCUT2D eigenvalue weighted by Crippen LogP contribution is -2.52. The Morgan fingerprint density at radius 3 is 2.67 bits per heavy atom. The summed E-state index contributed by atoms with van der Waals surface area (Å²) in [4.78, 5) is 32.4. The highest BCUT2D eigenvalue weighted by atomic mass is 16.5. The molecule has 0 spiro atoms. The predicted molar refractivity (Wildman–Crippen MR) is 130 cm³/mol. The fourth-order valence-corrected chi connectivity index (χ4v) is 5.83. The first-order valence-electron chi connectivity index (χ1n) is 12.9. The van der Waals surface area contributed by atoms with Crippen molar-refractivity contribution in [2.75, 3.05) is 36.9 Å². The minimum Gasteiger partial charge on any atom is -0.488 e.